The van der Waals surface area contributed by atoms with E-state index in [0.717, 1.165) is 51.2 Å². The fourth-order valence-corrected chi connectivity index (χ4v) is 11.0. The predicted octanol–water partition coefficient (Wildman–Crippen LogP) is 20.1. The SMILES string of the molecule is Cc1cc(N(c2ccccc2)c2ccccc2)ccc1-c1ccc(N(c2ccc(-c3ccc(-c4ccccc4)s3)cc2)c2ccc(-c3ccc(N(c4ccccc4)c4ccccc4)cc3C)c(C)c2)cc1C. The van der Waals surface area contributed by atoms with Gasteiger partial charge in [-0.05, 0) is 205 Å². The van der Waals surface area contributed by atoms with Gasteiger partial charge in [0.15, 0.2) is 0 Å². The quantitative estimate of drug-likeness (QED) is 0.114. The standard InChI is InChI=1S/C68H55N3S/c1-48-44-59(69(54-22-12-6-13-23-54)55-24-14-7-15-25-55)34-38-63(48)65-40-36-61(46-50(65)3)71(58-32-30-53(31-33-58)68-43-42-67(72-68)52-20-10-5-11-21-52)62-37-41-66(51(4)47-62)64-39-35-60(45-49(64)2)70(56-26-16-8-17-27-56)57-28-18-9-19-29-57/h5-47H,1-4H3. The zero-order valence-corrected chi connectivity index (χ0v) is 41.9. The number of para-hydroxylation sites is 4. The summed E-state index contributed by atoms with van der Waals surface area (Å²) in [4.78, 5) is 9.58. The molecule has 1 heterocycles. The molecule has 0 unspecified atom stereocenters. The fraction of sp³-hybridized carbons (Fsp3) is 0.0588. The van der Waals surface area contributed by atoms with Gasteiger partial charge in [-0.15, -0.1) is 11.3 Å². The fourth-order valence-electron chi connectivity index (χ4n) is 10.0. The molecule has 0 amide bonds. The second-order valence-electron chi connectivity index (χ2n) is 18.4. The number of anilines is 9. The summed E-state index contributed by atoms with van der Waals surface area (Å²) in [6, 6.07) is 94.2. The molecule has 0 spiro atoms. The molecular weight excluding hydrogens is 891 g/mol. The van der Waals surface area contributed by atoms with Crippen molar-refractivity contribution in [1.82, 2.24) is 0 Å². The van der Waals surface area contributed by atoms with Crippen molar-refractivity contribution in [3.8, 4) is 43.1 Å². The van der Waals surface area contributed by atoms with Crippen molar-refractivity contribution in [3.05, 3.63) is 283 Å². The van der Waals surface area contributed by atoms with Crippen LogP contribution in [0.25, 0.3) is 43.1 Å². The van der Waals surface area contributed by atoms with Crippen LogP contribution in [0.15, 0.2) is 261 Å². The topological polar surface area (TPSA) is 9.72 Å². The van der Waals surface area contributed by atoms with Gasteiger partial charge in [-0.2, -0.15) is 0 Å². The third kappa shape index (κ3) is 9.36. The number of thiophene rings is 1. The van der Waals surface area contributed by atoms with Crippen LogP contribution >= 0.6 is 11.3 Å². The van der Waals surface area contributed by atoms with E-state index < -0.39 is 0 Å². The van der Waals surface area contributed by atoms with Crippen molar-refractivity contribution in [1.29, 1.82) is 0 Å². The first kappa shape index (κ1) is 45.7. The molecule has 0 atom stereocenters. The van der Waals surface area contributed by atoms with Gasteiger partial charge in [0.1, 0.15) is 0 Å². The van der Waals surface area contributed by atoms with Gasteiger partial charge < -0.3 is 14.7 Å². The molecule has 0 aliphatic rings. The van der Waals surface area contributed by atoms with Gasteiger partial charge in [0.05, 0.1) is 0 Å². The predicted molar refractivity (Wildman–Crippen MR) is 309 cm³/mol. The van der Waals surface area contributed by atoms with Crippen molar-refractivity contribution in [2.24, 2.45) is 0 Å². The molecule has 0 aliphatic heterocycles. The van der Waals surface area contributed by atoms with Gasteiger partial charge in [0.2, 0.25) is 0 Å². The number of aryl methyl sites for hydroxylation is 4. The monoisotopic (exact) mass is 945 g/mol. The number of rotatable bonds is 13. The summed E-state index contributed by atoms with van der Waals surface area (Å²) in [7, 11) is 0. The highest BCUT2D eigenvalue weighted by Gasteiger charge is 2.20. The second-order valence-corrected chi connectivity index (χ2v) is 19.5. The lowest BCUT2D eigenvalue weighted by Gasteiger charge is -2.28. The number of benzene rings is 10. The highest BCUT2D eigenvalue weighted by atomic mass is 32.1. The highest BCUT2D eigenvalue weighted by molar-refractivity contribution is 7.18. The van der Waals surface area contributed by atoms with Crippen LogP contribution in [0.2, 0.25) is 0 Å². The van der Waals surface area contributed by atoms with Gasteiger partial charge in [-0.25, -0.2) is 0 Å². The molecule has 4 heteroatoms. The lowest BCUT2D eigenvalue weighted by atomic mass is 9.94. The normalized spacial score (nSPS) is 11.1. The molecule has 11 rings (SSSR count). The molecule has 72 heavy (non-hydrogen) atoms. The Morgan fingerprint density at radius 3 is 0.750 bits per heavy atom. The van der Waals surface area contributed by atoms with Crippen LogP contribution in [-0.4, -0.2) is 0 Å². The van der Waals surface area contributed by atoms with E-state index in [1.165, 1.54) is 65.4 Å². The van der Waals surface area contributed by atoms with E-state index >= 15 is 0 Å². The van der Waals surface area contributed by atoms with Gasteiger partial charge in [-0.3, -0.25) is 0 Å². The van der Waals surface area contributed by atoms with Crippen molar-refractivity contribution < 1.29 is 0 Å². The van der Waals surface area contributed by atoms with E-state index in [0.29, 0.717) is 0 Å². The lowest BCUT2D eigenvalue weighted by Crippen LogP contribution is -2.11. The average Bonchev–Trinajstić information content (AvgIpc) is 3.92. The van der Waals surface area contributed by atoms with Crippen LogP contribution in [0.1, 0.15) is 22.3 Å². The Morgan fingerprint density at radius 1 is 0.222 bits per heavy atom. The summed E-state index contributed by atoms with van der Waals surface area (Å²) in [5.74, 6) is 0. The van der Waals surface area contributed by atoms with Crippen molar-refractivity contribution in [2.75, 3.05) is 14.7 Å². The zero-order chi connectivity index (χ0) is 49.0. The number of hydrogen-bond acceptors (Lipinski definition) is 4. The van der Waals surface area contributed by atoms with Crippen LogP contribution in [-0.2, 0) is 0 Å². The molecule has 0 aliphatic carbocycles. The Balaban J connectivity index is 0.948. The molecule has 1 aromatic heterocycles. The van der Waals surface area contributed by atoms with E-state index in [-0.39, 0.29) is 0 Å². The Labute approximate surface area is 428 Å². The molecular formula is C68H55N3S. The third-order valence-electron chi connectivity index (χ3n) is 13.6. The van der Waals surface area contributed by atoms with Crippen molar-refractivity contribution >= 4 is 62.5 Å². The molecule has 11 aromatic rings. The van der Waals surface area contributed by atoms with E-state index in [9.17, 15) is 0 Å². The Kier molecular flexibility index (Phi) is 12.9. The van der Waals surface area contributed by atoms with E-state index in [2.05, 4.69) is 303 Å². The maximum Gasteiger partial charge on any atom is 0.0464 e. The molecule has 10 aromatic carbocycles. The summed E-state index contributed by atoms with van der Waals surface area (Å²) in [5, 5.41) is 0. The molecule has 0 N–H and O–H groups in total. The van der Waals surface area contributed by atoms with Crippen molar-refractivity contribution in [3.63, 3.8) is 0 Å². The summed E-state index contributed by atoms with van der Waals surface area (Å²) in [5.41, 5.74) is 22.3. The molecule has 0 fully saturated rings. The summed E-state index contributed by atoms with van der Waals surface area (Å²) in [6.07, 6.45) is 0. The minimum atomic E-state index is 1.10. The summed E-state index contributed by atoms with van der Waals surface area (Å²) >= 11 is 1.83. The van der Waals surface area contributed by atoms with Gasteiger partial charge in [0.25, 0.3) is 0 Å². The molecule has 0 radical (unpaired) electrons. The first-order valence-electron chi connectivity index (χ1n) is 24.7. The van der Waals surface area contributed by atoms with E-state index in [1.807, 2.05) is 11.3 Å². The lowest BCUT2D eigenvalue weighted by molar-refractivity contribution is 1.25. The Bertz CT molecular complexity index is 3350. The largest absolute Gasteiger partial charge is 0.310 e. The molecule has 3 nitrogen and oxygen atoms in total. The van der Waals surface area contributed by atoms with Crippen LogP contribution in [0.3, 0.4) is 0 Å². The minimum Gasteiger partial charge on any atom is -0.310 e. The number of hydrogen-bond donors (Lipinski definition) is 0. The van der Waals surface area contributed by atoms with Crippen LogP contribution in [0.5, 0.6) is 0 Å². The van der Waals surface area contributed by atoms with Crippen LogP contribution < -0.4 is 14.7 Å². The van der Waals surface area contributed by atoms with Crippen LogP contribution in [0.4, 0.5) is 51.2 Å². The maximum atomic E-state index is 2.41. The highest BCUT2D eigenvalue weighted by Crippen LogP contribution is 2.44. The van der Waals surface area contributed by atoms with E-state index in [4.69, 9.17) is 0 Å². The molecule has 0 bridgehead atoms. The van der Waals surface area contributed by atoms with Crippen LogP contribution in [0, 0.1) is 27.7 Å². The van der Waals surface area contributed by atoms with E-state index in [1.54, 1.807) is 0 Å². The smallest absolute Gasteiger partial charge is 0.0464 e. The first-order valence-corrected chi connectivity index (χ1v) is 25.5. The molecule has 0 saturated carbocycles. The minimum absolute atomic E-state index is 1.10. The average molecular weight is 946 g/mol. The first-order chi connectivity index (χ1) is 35.4. The van der Waals surface area contributed by atoms with Crippen molar-refractivity contribution in [2.45, 2.75) is 27.7 Å². The Morgan fingerprint density at radius 2 is 0.458 bits per heavy atom. The number of nitrogens with zero attached hydrogens (tertiary/aromatic N) is 3. The zero-order valence-electron chi connectivity index (χ0n) is 41.1. The third-order valence-corrected chi connectivity index (χ3v) is 14.8. The van der Waals surface area contributed by atoms with Gasteiger partial charge >= 0.3 is 0 Å². The second kappa shape index (κ2) is 20.3. The van der Waals surface area contributed by atoms with Gasteiger partial charge in [0, 0.05) is 60.9 Å². The molecule has 0 saturated heterocycles. The van der Waals surface area contributed by atoms with Gasteiger partial charge in [-0.1, -0.05) is 140 Å². The Hall–Kier alpha value is -8.70. The summed E-state index contributed by atoms with van der Waals surface area (Å²) < 4.78 is 0. The maximum absolute atomic E-state index is 2.41. The molecule has 348 valence electrons. The summed E-state index contributed by atoms with van der Waals surface area (Å²) in [6.45, 7) is 8.94.